The Hall–Kier alpha value is -0.620. The molecule has 0 aromatic rings. The van der Waals surface area contributed by atoms with Gasteiger partial charge in [0.1, 0.15) is 0 Å². The van der Waals surface area contributed by atoms with Crippen LogP contribution in [-0.4, -0.2) is 55.9 Å². The molecule has 0 aromatic carbocycles. The van der Waals surface area contributed by atoms with E-state index in [9.17, 15) is 13.2 Å². The SMILES string of the molecule is CC1(C)CN(C(=O)C2CC23CCNCC3)CCS1(=O)=O. The van der Waals surface area contributed by atoms with Gasteiger partial charge in [0, 0.05) is 19.0 Å². The number of hydrogen-bond acceptors (Lipinski definition) is 4. The zero-order valence-electron chi connectivity index (χ0n) is 12.3. The highest BCUT2D eigenvalue weighted by Crippen LogP contribution is 2.59. The molecule has 3 fully saturated rings. The maximum absolute atomic E-state index is 12.6. The summed E-state index contributed by atoms with van der Waals surface area (Å²) in [7, 11) is -3.07. The second kappa shape index (κ2) is 4.44. The second-order valence-corrected chi connectivity index (χ2v) is 9.95. The molecular formula is C14H24N2O3S. The van der Waals surface area contributed by atoms with Crippen molar-refractivity contribution in [1.29, 1.82) is 0 Å². The fraction of sp³-hybridized carbons (Fsp3) is 0.929. The number of amides is 1. The molecular weight excluding hydrogens is 276 g/mol. The molecule has 1 spiro atoms. The van der Waals surface area contributed by atoms with Crippen LogP contribution in [0.2, 0.25) is 0 Å². The number of hydrogen-bond donors (Lipinski definition) is 1. The summed E-state index contributed by atoms with van der Waals surface area (Å²) >= 11 is 0. The molecule has 0 bridgehead atoms. The van der Waals surface area contributed by atoms with Crippen molar-refractivity contribution < 1.29 is 13.2 Å². The van der Waals surface area contributed by atoms with Gasteiger partial charge in [-0.05, 0) is 51.6 Å². The van der Waals surface area contributed by atoms with Crippen molar-refractivity contribution in [2.75, 3.05) is 31.9 Å². The quantitative estimate of drug-likeness (QED) is 0.762. The summed E-state index contributed by atoms with van der Waals surface area (Å²) in [6.45, 7) is 6.19. The van der Waals surface area contributed by atoms with Gasteiger partial charge >= 0.3 is 0 Å². The normalized spacial score (nSPS) is 33.9. The number of nitrogens with one attached hydrogen (secondary N) is 1. The highest BCUT2D eigenvalue weighted by atomic mass is 32.2. The van der Waals surface area contributed by atoms with E-state index in [0.29, 0.717) is 13.1 Å². The summed E-state index contributed by atoms with van der Waals surface area (Å²) < 4.78 is 23.2. The topological polar surface area (TPSA) is 66.5 Å². The summed E-state index contributed by atoms with van der Waals surface area (Å²) in [6.07, 6.45) is 3.16. The van der Waals surface area contributed by atoms with Crippen molar-refractivity contribution in [2.24, 2.45) is 11.3 Å². The molecule has 1 saturated carbocycles. The van der Waals surface area contributed by atoms with Crippen LogP contribution in [0.1, 0.15) is 33.1 Å². The number of nitrogens with zero attached hydrogens (tertiary/aromatic N) is 1. The highest BCUT2D eigenvalue weighted by molar-refractivity contribution is 7.92. The van der Waals surface area contributed by atoms with Crippen molar-refractivity contribution in [3.05, 3.63) is 0 Å². The Kier molecular flexibility index (Phi) is 3.18. The van der Waals surface area contributed by atoms with E-state index in [1.54, 1.807) is 18.7 Å². The van der Waals surface area contributed by atoms with Gasteiger partial charge in [-0.3, -0.25) is 4.79 Å². The minimum Gasteiger partial charge on any atom is -0.340 e. The summed E-state index contributed by atoms with van der Waals surface area (Å²) in [5, 5.41) is 3.34. The second-order valence-electron chi connectivity index (χ2n) is 7.21. The zero-order chi connectivity index (χ0) is 14.6. The van der Waals surface area contributed by atoms with E-state index < -0.39 is 14.6 Å². The molecule has 5 nitrogen and oxygen atoms in total. The van der Waals surface area contributed by atoms with Crippen LogP contribution in [0.4, 0.5) is 0 Å². The van der Waals surface area contributed by atoms with Crippen molar-refractivity contribution in [1.82, 2.24) is 10.2 Å². The van der Waals surface area contributed by atoms with Crippen molar-refractivity contribution >= 4 is 15.7 Å². The van der Waals surface area contributed by atoms with Gasteiger partial charge in [-0.2, -0.15) is 0 Å². The highest BCUT2D eigenvalue weighted by Gasteiger charge is 2.59. The molecule has 0 aromatic heterocycles. The Morgan fingerprint density at radius 2 is 1.90 bits per heavy atom. The molecule has 1 unspecified atom stereocenters. The first-order valence-electron chi connectivity index (χ1n) is 7.49. The van der Waals surface area contributed by atoms with Gasteiger partial charge in [-0.15, -0.1) is 0 Å². The maximum atomic E-state index is 12.6. The third-order valence-electron chi connectivity index (χ3n) is 5.44. The monoisotopic (exact) mass is 300 g/mol. The Labute approximate surface area is 121 Å². The number of piperidine rings is 1. The molecule has 1 atom stereocenters. The summed E-state index contributed by atoms with van der Waals surface area (Å²) in [5.74, 6) is 0.434. The molecule has 2 aliphatic heterocycles. The van der Waals surface area contributed by atoms with Crippen LogP contribution < -0.4 is 5.32 Å². The lowest BCUT2D eigenvalue weighted by atomic mass is 9.91. The first-order chi connectivity index (χ1) is 9.28. The average Bonchev–Trinajstić information content (AvgIpc) is 3.06. The standard InChI is InChI=1S/C14H24N2O3S/c1-13(2)10-16(7-8-20(13,18)19)12(17)11-9-14(11)3-5-15-6-4-14/h11,15H,3-10H2,1-2H3. The van der Waals surface area contributed by atoms with E-state index in [2.05, 4.69) is 5.32 Å². The van der Waals surface area contributed by atoms with E-state index in [-0.39, 0.29) is 23.0 Å². The molecule has 1 amide bonds. The third kappa shape index (κ3) is 2.17. The van der Waals surface area contributed by atoms with E-state index in [1.165, 1.54) is 0 Å². The number of sulfone groups is 1. The Morgan fingerprint density at radius 3 is 2.50 bits per heavy atom. The van der Waals surface area contributed by atoms with Crippen molar-refractivity contribution in [3.63, 3.8) is 0 Å². The minimum absolute atomic E-state index is 0.104. The largest absolute Gasteiger partial charge is 0.340 e. The lowest BCUT2D eigenvalue weighted by Crippen LogP contribution is -2.55. The van der Waals surface area contributed by atoms with Gasteiger partial charge in [0.05, 0.1) is 10.5 Å². The number of rotatable bonds is 1. The molecule has 0 radical (unpaired) electrons. The maximum Gasteiger partial charge on any atom is 0.226 e. The van der Waals surface area contributed by atoms with Crippen LogP contribution in [0.25, 0.3) is 0 Å². The van der Waals surface area contributed by atoms with Gasteiger partial charge in [-0.1, -0.05) is 0 Å². The smallest absolute Gasteiger partial charge is 0.226 e. The molecule has 3 rings (SSSR count). The molecule has 6 heteroatoms. The van der Waals surface area contributed by atoms with Gasteiger partial charge in [-0.25, -0.2) is 8.42 Å². The van der Waals surface area contributed by atoms with Gasteiger partial charge in [0.15, 0.2) is 9.84 Å². The van der Waals surface area contributed by atoms with E-state index >= 15 is 0 Å². The molecule has 114 valence electrons. The molecule has 2 heterocycles. The van der Waals surface area contributed by atoms with Crippen molar-refractivity contribution in [3.8, 4) is 0 Å². The first-order valence-corrected chi connectivity index (χ1v) is 9.15. The lowest BCUT2D eigenvalue weighted by Gasteiger charge is -2.38. The fourth-order valence-corrected chi connectivity index (χ4v) is 5.09. The van der Waals surface area contributed by atoms with E-state index in [0.717, 1.165) is 32.4 Å². The van der Waals surface area contributed by atoms with Crippen LogP contribution in [0.5, 0.6) is 0 Å². The van der Waals surface area contributed by atoms with Gasteiger partial charge in [0.2, 0.25) is 5.91 Å². The molecule has 1 aliphatic carbocycles. The molecule has 3 aliphatic rings. The molecule has 1 N–H and O–H groups in total. The number of carbonyl (C=O) groups is 1. The zero-order valence-corrected chi connectivity index (χ0v) is 13.1. The molecule has 2 saturated heterocycles. The Balaban J connectivity index is 1.68. The third-order valence-corrected chi connectivity index (χ3v) is 7.98. The summed E-state index contributed by atoms with van der Waals surface area (Å²) in [6, 6.07) is 0. The number of carbonyl (C=O) groups excluding carboxylic acids is 1. The predicted molar refractivity (Wildman–Crippen MR) is 77.1 cm³/mol. The Bertz CT molecular complexity index is 521. The Morgan fingerprint density at radius 1 is 1.25 bits per heavy atom. The lowest BCUT2D eigenvalue weighted by molar-refractivity contribution is -0.134. The van der Waals surface area contributed by atoms with Gasteiger partial charge in [0.25, 0.3) is 0 Å². The average molecular weight is 300 g/mol. The van der Waals surface area contributed by atoms with Crippen LogP contribution in [0.15, 0.2) is 0 Å². The first kappa shape index (κ1) is 14.3. The van der Waals surface area contributed by atoms with Crippen LogP contribution in [0, 0.1) is 11.3 Å². The van der Waals surface area contributed by atoms with Crippen LogP contribution in [0.3, 0.4) is 0 Å². The van der Waals surface area contributed by atoms with E-state index in [4.69, 9.17) is 0 Å². The van der Waals surface area contributed by atoms with Crippen molar-refractivity contribution in [2.45, 2.75) is 37.9 Å². The minimum atomic E-state index is -3.07. The van der Waals surface area contributed by atoms with Gasteiger partial charge < -0.3 is 10.2 Å². The van der Waals surface area contributed by atoms with Crippen LogP contribution in [-0.2, 0) is 14.6 Å². The predicted octanol–water partition coefficient (Wildman–Crippen LogP) is 0.412. The summed E-state index contributed by atoms with van der Waals surface area (Å²) in [4.78, 5) is 14.4. The fourth-order valence-electron chi connectivity index (χ4n) is 3.73. The molecule has 20 heavy (non-hydrogen) atoms. The summed E-state index contributed by atoms with van der Waals surface area (Å²) in [5.41, 5.74) is 0.225. The van der Waals surface area contributed by atoms with Crippen LogP contribution >= 0.6 is 0 Å². The van der Waals surface area contributed by atoms with E-state index in [1.807, 2.05) is 0 Å².